The van der Waals surface area contributed by atoms with Gasteiger partial charge in [0.2, 0.25) is 5.91 Å². The predicted octanol–water partition coefficient (Wildman–Crippen LogP) is 2.57. The van der Waals surface area contributed by atoms with E-state index in [2.05, 4.69) is 5.32 Å². The van der Waals surface area contributed by atoms with Crippen molar-refractivity contribution in [2.45, 2.75) is 37.8 Å². The molecule has 0 aromatic heterocycles. The lowest BCUT2D eigenvalue weighted by Gasteiger charge is -2.26. The average Bonchev–Trinajstić information content (AvgIpc) is 2.39. The first-order valence-electron chi connectivity index (χ1n) is 6.56. The van der Waals surface area contributed by atoms with E-state index in [-0.39, 0.29) is 24.7 Å². The van der Waals surface area contributed by atoms with Gasteiger partial charge in [0.05, 0.1) is 6.10 Å². The molecule has 5 heteroatoms. The summed E-state index contributed by atoms with van der Waals surface area (Å²) in [5.41, 5.74) is 6.60. The first-order valence-corrected chi connectivity index (χ1v) is 6.94. The van der Waals surface area contributed by atoms with Gasteiger partial charge in [0.1, 0.15) is 6.61 Å². The SMILES string of the molecule is NC1CCCC(OCC(=O)Nc2ccc(Cl)cc2)C1. The number of ether oxygens (including phenoxy) is 1. The zero-order chi connectivity index (χ0) is 13.7. The highest BCUT2D eigenvalue weighted by molar-refractivity contribution is 6.30. The summed E-state index contributed by atoms with van der Waals surface area (Å²) in [5, 5.41) is 3.41. The number of anilines is 1. The molecule has 0 heterocycles. The highest BCUT2D eigenvalue weighted by Crippen LogP contribution is 2.19. The molecule has 2 atom stereocenters. The smallest absolute Gasteiger partial charge is 0.250 e. The Kier molecular flexibility index (Phi) is 5.19. The van der Waals surface area contributed by atoms with Crippen molar-refractivity contribution in [2.75, 3.05) is 11.9 Å². The lowest BCUT2D eigenvalue weighted by atomic mass is 9.94. The highest BCUT2D eigenvalue weighted by Gasteiger charge is 2.20. The van der Waals surface area contributed by atoms with Crippen LogP contribution >= 0.6 is 11.6 Å². The number of carbonyl (C=O) groups excluding carboxylic acids is 1. The Labute approximate surface area is 118 Å². The first-order chi connectivity index (χ1) is 9.13. The van der Waals surface area contributed by atoms with E-state index in [0.717, 1.165) is 31.4 Å². The molecule has 1 saturated carbocycles. The number of carbonyl (C=O) groups is 1. The van der Waals surface area contributed by atoms with Crippen molar-refractivity contribution >= 4 is 23.2 Å². The third-order valence-electron chi connectivity index (χ3n) is 3.24. The number of halogens is 1. The largest absolute Gasteiger partial charge is 0.368 e. The second-order valence-electron chi connectivity index (χ2n) is 4.91. The molecule has 1 aliphatic rings. The Morgan fingerprint density at radius 3 is 2.79 bits per heavy atom. The molecule has 19 heavy (non-hydrogen) atoms. The van der Waals surface area contributed by atoms with E-state index in [4.69, 9.17) is 22.1 Å². The number of hydrogen-bond acceptors (Lipinski definition) is 3. The zero-order valence-corrected chi connectivity index (χ0v) is 11.5. The molecule has 1 aliphatic carbocycles. The summed E-state index contributed by atoms with van der Waals surface area (Å²) >= 11 is 5.78. The van der Waals surface area contributed by atoms with Crippen LogP contribution < -0.4 is 11.1 Å². The standard InChI is InChI=1S/C14H19ClN2O2/c15-10-4-6-12(7-5-10)17-14(18)9-19-13-3-1-2-11(16)8-13/h4-7,11,13H,1-3,8-9,16H2,(H,17,18). The Morgan fingerprint density at radius 2 is 2.11 bits per heavy atom. The van der Waals surface area contributed by atoms with Crippen molar-refractivity contribution in [3.8, 4) is 0 Å². The summed E-state index contributed by atoms with van der Waals surface area (Å²) in [6.45, 7) is 0.0695. The summed E-state index contributed by atoms with van der Waals surface area (Å²) in [5.74, 6) is -0.151. The van der Waals surface area contributed by atoms with Crippen LogP contribution in [0, 0.1) is 0 Å². The number of hydrogen-bond donors (Lipinski definition) is 2. The molecule has 1 aromatic carbocycles. The van der Waals surface area contributed by atoms with Gasteiger partial charge in [-0.3, -0.25) is 4.79 Å². The van der Waals surface area contributed by atoms with Gasteiger partial charge in [-0.05, 0) is 49.9 Å². The summed E-state index contributed by atoms with van der Waals surface area (Å²) in [6.07, 6.45) is 4.07. The monoisotopic (exact) mass is 282 g/mol. The molecule has 104 valence electrons. The van der Waals surface area contributed by atoms with Crippen LogP contribution in [0.3, 0.4) is 0 Å². The predicted molar refractivity (Wildman–Crippen MR) is 76.3 cm³/mol. The van der Waals surface area contributed by atoms with Crippen LogP contribution in [0.15, 0.2) is 24.3 Å². The Morgan fingerprint density at radius 1 is 1.37 bits per heavy atom. The van der Waals surface area contributed by atoms with Gasteiger partial charge in [0.15, 0.2) is 0 Å². The number of nitrogens with one attached hydrogen (secondary N) is 1. The summed E-state index contributed by atoms with van der Waals surface area (Å²) in [4.78, 5) is 11.7. The normalized spacial score (nSPS) is 23.1. The van der Waals surface area contributed by atoms with E-state index in [1.54, 1.807) is 24.3 Å². The fourth-order valence-corrected chi connectivity index (χ4v) is 2.38. The number of amides is 1. The molecule has 1 fully saturated rings. The maximum Gasteiger partial charge on any atom is 0.250 e. The molecular formula is C14H19ClN2O2. The molecule has 3 N–H and O–H groups in total. The maximum absolute atomic E-state index is 11.7. The van der Waals surface area contributed by atoms with E-state index in [1.165, 1.54) is 0 Å². The topological polar surface area (TPSA) is 64.3 Å². The van der Waals surface area contributed by atoms with E-state index >= 15 is 0 Å². The van der Waals surface area contributed by atoms with Crippen LogP contribution in [-0.2, 0) is 9.53 Å². The Bertz CT molecular complexity index is 422. The van der Waals surface area contributed by atoms with E-state index < -0.39 is 0 Å². The van der Waals surface area contributed by atoms with E-state index in [9.17, 15) is 4.79 Å². The van der Waals surface area contributed by atoms with Gasteiger partial charge in [0, 0.05) is 16.8 Å². The first kappa shape index (κ1) is 14.3. The fraction of sp³-hybridized carbons (Fsp3) is 0.500. The molecule has 0 saturated heterocycles. The van der Waals surface area contributed by atoms with Crippen LogP contribution in [-0.4, -0.2) is 24.7 Å². The minimum absolute atomic E-state index is 0.0695. The quantitative estimate of drug-likeness (QED) is 0.892. The van der Waals surface area contributed by atoms with Crippen molar-refractivity contribution in [3.63, 3.8) is 0 Å². The minimum atomic E-state index is -0.151. The molecule has 0 aliphatic heterocycles. The molecule has 0 radical (unpaired) electrons. The second kappa shape index (κ2) is 6.89. The summed E-state index contributed by atoms with van der Waals surface area (Å²) in [6, 6.07) is 7.20. The van der Waals surface area contributed by atoms with Gasteiger partial charge in [-0.25, -0.2) is 0 Å². The van der Waals surface area contributed by atoms with Crippen LogP contribution in [0.4, 0.5) is 5.69 Å². The molecule has 4 nitrogen and oxygen atoms in total. The van der Waals surface area contributed by atoms with Crippen molar-refractivity contribution in [1.82, 2.24) is 0 Å². The number of rotatable bonds is 4. The maximum atomic E-state index is 11.7. The van der Waals surface area contributed by atoms with E-state index in [1.807, 2.05) is 0 Å². The van der Waals surface area contributed by atoms with Gasteiger partial charge in [-0.2, -0.15) is 0 Å². The zero-order valence-electron chi connectivity index (χ0n) is 10.8. The molecule has 2 unspecified atom stereocenters. The number of benzene rings is 1. The fourth-order valence-electron chi connectivity index (χ4n) is 2.26. The Balaban J connectivity index is 1.73. The third kappa shape index (κ3) is 4.82. The Hall–Kier alpha value is -1.10. The van der Waals surface area contributed by atoms with E-state index in [0.29, 0.717) is 5.02 Å². The van der Waals surface area contributed by atoms with Crippen molar-refractivity contribution in [3.05, 3.63) is 29.3 Å². The number of nitrogens with two attached hydrogens (primary N) is 1. The van der Waals surface area contributed by atoms with Crippen molar-refractivity contribution in [2.24, 2.45) is 5.73 Å². The lowest BCUT2D eigenvalue weighted by Crippen LogP contribution is -2.33. The van der Waals surface area contributed by atoms with Gasteiger partial charge < -0.3 is 15.8 Å². The van der Waals surface area contributed by atoms with Gasteiger partial charge in [0.25, 0.3) is 0 Å². The highest BCUT2D eigenvalue weighted by atomic mass is 35.5. The third-order valence-corrected chi connectivity index (χ3v) is 3.50. The second-order valence-corrected chi connectivity index (χ2v) is 5.35. The van der Waals surface area contributed by atoms with Crippen LogP contribution in [0.25, 0.3) is 0 Å². The molecular weight excluding hydrogens is 264 g/mol. The molecule has 1 aromatic rings. The average molecular weight is 283 g/mol. The summed E-state index contributed by atoms with van der Waals surface area (Å²) in [7, 11) is 0. The van der Waals surface area contributed by atoms with Gasteiger partial charge in [-0.15, -0.1) is 0 Å². The van der Waals surface area contributed by atoms with Crippen molar-refractivity contribution in [1.29, 1.82) is 0 Å². The summed E-state index contributed by atoms with van der Waals surface area (Å²) < 4.78 is 5.59. The van der Waals surface area contributed by atoms with Crippen LogP contribution in [0.2, 0.25) is 5.02 Å². The lowest BCUT2D eigenvalue weighted by molar-refractivity contribution is -0.123. The molecule has 1 amide bonds. The van der Waals surface area contributed by atoms with Crippen LogP contribution in [0.1, 0.15) is 25.7 Å². The molecule has 0 bridgehead atoms. The molecule has 0 spiro atoms. The van der Waals surface area contributed by atoms with Gasteiger partial charge >= 0.3 is 0 Å². The van der Waals surface area contributed by atoms with Crippen molar-refractivity contribution < 1.29 is 9.53 Å². The molecule has 2 rings (SSSR count). The van der Waals surface area contributed by atoms with Gasteiger partial charge in [-0.1, -0.05) is 11.6 Å². The van der Waals surface area contributed by atoms with Crippen LogP contribution in [0.5, 0.6) is 0 Å². The minimum Gasteiger partial charge on any atom is -0.368 e.